The second-order valence-corrected chi connectivity index (χ2v) is 16.4. The van der Waals surface area contributed by atoms with E-state index in [1.54, 1.807) is 0 Å². The average Bonchev–Trinajstić information content (AvgIpc) is 3.06. The van der Waals surface area contributed by atoms with Crippen molar-refractivity contribution < 1.29 is 38.0 Å². The van der Waals surface area contributed by atoms with Crippen molar-refractivity contribution in [2.45, 2.75) is 151 Å². The largest absolute Gasteiger partial charge is 0.377 e. The number of hydrogen-bond donors (Lipinski definition) is 0. The molecule has 0 aromatic heterocycles. The average molecular weight is 740 g/mol. The first-order chi connectivity index (χ1) is 23.5. The van der Waals surface area contributed by atoms with Gasteiger partial charge < -0.3 is 33.2 Å². The summed E-state index contributed by atoms with van der Waals surface area (Å²) in [4.78, 5) is 13.2. The summed E-state index contributed by atoms with van der Waals surface area (Å²) >= 11 is 3.43. The molecule has 0 bridgehead atoms. The summed E-state index contributed by atoms with van der Waals surface area (Å²) in [6.07, 6.45) is 3.98. The number of hydrogen-bond acceptors (Lipinski definition) is 8. The number of carbonyl (C=O) groups excluding carboxylic acids is 1. The van der Waals surface area contributed by atoms with Gasteiger partial charge in [-0.25, -0.2) is 0 Å². The van der Waals surface area contributed by atoms with E-state index in [0.29, 0.717) is 51.9 Å². The molecule has 0 aliphatic carbocycles. The molecule has 5 saturated heterocycles. The molecule has 2 aromatic carbocycles. The summed E-state index contributed by atoms with van der Waals surface area (Å²) in [6, 6.07) is 20.6. The van der Waals surface area contributed by atoms with Crippen LogP contribution >= 0.6 is 15.9 Å². The topological polar surface area (TPSA) is 81.7 Å². The lowest BCUT2D eigenvalue weighted by molar-refractivity contribution is -0.372. The van der Waals surface area contributed by atoms with Gasteiger partial charge in [-0.15, -0.1) is 0 Å². The van der Waals surface area contributed by atoms with Crippen molar-refractivity contribution in [2.24, 2.45) is 0 Å². The van der Waals surface area contributed by atoms with E-state index in [9.17, 15) is 4.79 Å². The van der Waals surface area contributed by atoms with Gasteiger partial charge >= 0.3 is 0 Å². The molecule has 0 amide bonds. The highest BCUT2D eigenvalue weighted by atomic mass is 79.9. The predicted molar refractivity (Wildman–Crippen MR) is 188 cm³/mol. The SMILES string of the molecule is C=C(Br)C[C@@]1(C)O[C@H]2C[C@H]3O[C@H]4C[C@H]5O[C@@H](CCCOCc6ccccc6)C[C@H](OCc6ccccc6)[C@]5(C)O[C@]4(C)C[C@@H]3O[C@@H]2CC1=O. The lowest BCUT2D eigenvalue weighted by Gasteiger charge is -2.62. The number of Topliss-reactive ketones (excluding diaryl/α,β-unsaturated/α-hetero) is 1. The van der Waals surface area contributed by atoms with Gasteiger partial charge in [-0.1, -0.05) is 83.2 Å². The summed E-state index contributed by atoms with van der Waals surface area (Å²) in [7, 11) is 0. The summed E-state index contributed by atoms with van der Waals surface area (Å²) in [5.74, 6) is 0.0490. The predicted octanol–water partition coefficient (Wildman–Crippen LogP) is 7.39. The highest BCUT2D eigenvalue weighted by Crippen LogP contribution is 2.52. The molecule has 9 heteroatoms. The number of rotatable bonds is 11. The lowest BCUT2D eigenvalue weighted by Crippen LogP contribution is -2.72. The lowest BCUT2D eigenvalue weighted by atomic mass is 9.72. The molecule has 2 aromatic rings. The van der Waals surface area contributed by atoms with E-state index in [4.69, 9.17) is 33.2 Å². The van der Waals surface area contributed by atoms with Gasteiger partial charge in [-0.3, -0.25) is 4.79 Å². The summed E-state index contributed by atoms with van der Waals surface area (Å²) in [5, 5.41) is 0. The fourth-order valence-corrected chi connectivity index (χ4v) is 9.29. The smallest absolute Gasteiger partial charge is 0.167 e. The normalized spacial score (nSPS) is 40.0. The standard InChI is InChI=1S/C40H51BrO8/c1-26(41)22-38(2)34(42)20-31-32(48-38)19-30-33(46-31)23-39(3)35(47-30)21-37-40(4,49-39)36(44-25-28-14-9-6-10-15-28)18-29(45-37)16-11-17-43-24-27-12-7-5-8-13-27/h5-10,12-15,29-33,35-37H,1,11,16-25H2,2-4H3/t29-,30+,31+,32-,33-,35-,36-,37+,38+,39+,40-/m0/s1. The molecule has 5 heterocycles. The van der Waals surface area contributed by atoms with Crippen molar-refractivity contribution in [3.05, 3.63) is 82.9 Å². The molecule has 0 spiro atoms. The van der Waals surface area contributed by atoms with E-state index in [1.807, 2.05) is 43.3 Å². The molecule has 0 unspecified atom stereocenters. The first-order valence-electron chi connectivity index (χ1n) is 18.0. The maximum atomic E-state index is 13.2. The van der Waals surface area contributed by atoms with Crippen LogP contribution in [0.2, 0.25) is 0 Å². The van der Waals surface area contributed by atoms with Crippen LogP contribution < -0.4 is 0 Å². The maximum absolute atomic E-state index is 13.2. The molecule has 7 rings (SSSR count). The molecule has 0 N–H and O–H groups in total. The Hall–Kier alpha value is -1.95. The Morgan fingerprint density at radius 2 is 1.57 bits per heavy atom. The fourth-order valence-electron chi connectivity index (χ4n) is 8.75. The monoisotopic (exact) mass is 738 g/mol. The Bertz CT molecular complexity index is 1460. The van der Waals surface area contributed by atoms with Gasteiger partial charge in [0.05, 0.1) is 67.6 Å². The van der Waals surface area contributed by atoms with Crippen LogP contribution in [0.4, 0.5) is 0 Å². The van der Waals surface area contributed by atoms with Crippen LogP contribution in [0.1, 0.15) is 83.3 Å². The molecule has 0 radical (unpaired) electrons. The van der Waals surface area contributed by atoms with E-state index in [1.165, 1.54) is 5.56 Å². The summed E-state index contributed by atoms with van der Waals surface area (Å²) in [6.45, 7) is 11.9. The molecule has 266 valence electrons. The number of carbonyl (C=O) groups is 1. The first-order valence-corrected chi connectivity index (χ1v) is 18.8. The number of halogens is 1. The van der Waals surface area contributed by atoms with E-state index >= 15 is 0 Å². The minimum Gasteiger partial charge on any atom is -0.377 e. The van der Waals surface area contributed by atoms with E-state index in [-0.39, 0.29) is 54.6 Å². The van der Waals surface area contributed by atoms with Gasteiger partial charge in [0.25, 0.3) is 0 Å². The van der Waals surface area contributed by atoms with Gasteiger partial charge in [0.1, 0.15) is 11.2 Å². The minimum absolute atomic E-state index is 0.0253. The van der Waals surface area contributed by atoms with Crippen molar-refractivity contribution in [3.63, 3.8) is 0 Å². The second-order valence-electron chi connectivity index (χ2n) is 15.3. The minimum atomic E-state index is -0.914. The summed E-state index contributed by atoms with van der Waals surface area (Å²) < 4.78 is 47.6. The number of ketones is 1. The molecule has 0 saturated carbocycles. The fraction of sp³-hybridized carbons (Fsp3) is 0.625. The Labute approximate surface area is 299 Å². The molecule has 8 nitrogen and oxygen atoms in total. The van der Waals surface area contributed by atoms with Crippen molar-refractivity contribution in [3.8, 4) is 0 Å². The third-order valence-electron chi connectivity index (χ3n) is 11.4. The molecule has 11 atom stereocenters. The van der Waals surface area contributed by atoms with Gasteiger partial charge in [0, 0.05) is 45.1 Å². The highest BCUT2D eigenvalue weighted by Gasteiger charge is 2.63. The first kappa shape index (κ1) is 35.5. The van der Waals surface area contributed by atoms with Crippen LogP contribution in [-0.2, 0) is 51.2 Å². The zero-order valence-electron chi connectivity index (χ0n) is 29.0. The van der Waals surface area contributed by atoms with Crippen LogP contribution in [0.3, 0.4) is 0 Å². The van der Waals surface area contributed by atoms with Crippen LogP contribution in [0.15, 0.2) is 71.7 Å². The van der Waals surface area contributed by atoms with Crippen LogP contribution in [0.25, 0.3) is 0 Å². The Morgan fingerprint density at radius 1 is 0.857 bits per heavy atom. The van der Waals surface area contributed by atoms with E-state index in [0.717, 1.165) is 29.3 Å². The van der Waals surface area contributed by atoms with Crippen molar-refractivity contribution in [1.29, 1.82) is 0 Å². The van der Waals surface area contributed by atoms with Crippen molar-refractivity contribution in [2.75, 3.05) is 6.61 Å². The molecule has 5 fully saturated rings. The molecular formula is C40H51BrO8. The van der Waals surface area contributed by atoms with Crippen molar-refractivity contribution >= 4 is 21.7 Å². The quantitative estimate of drug-likeness (QED) is 0.221. The highest BCUT2D eigenvalue weighted by molar-refractivity contribution is 9.11. The molecule has 49 heavy (non-hydrogen) atoms. The van der Waals surface area contributed by atoms with E-state index < -0.39 is 16.8 Å². The maximum Gasteiger partial charge on any atom is 0.167 e. The molecule has 5 aliphatic rings. The second kappa shape index (κ2) is 14.6. The Morgan fingerprint density at radius 3 is 2.29 bits per heavy atom. The van der Waals surface area contributed by atoms with Crippen LogP contribution in [0, 0.1) is 0 Å². The van der Waals surface area contributed by atoms with Gasteiger partial charge in [0.15, 0.2) is 5.78 Å². The molecule has 5 aliphatic heterocycles. The number of fused-ring (bicyclic) bond motifs is 4. The molecular weight excluding hydrogens is 688 g/mol. The Balaban J connectivity index is 1.03. The zero-order valence-corrected chi connectivity index (χ0v) is 30.6. The van der Waals surface area contributed by atoms with Gasteiger partial charge in [0.2, 0.25) is 0 Å². The number of ether oxygens (including phenoxy) is 7. The number of benzene rings is 2. The van der Waals surface area contributed by atoms with E-state index in [2.05, 4.69) is 60.6 Å². The Kier molecular flexibility index (Phi) is 10.6. The van der Waals surface area contributed by atoms with Crippen LogP contribution in [0.5, 0.6) is 0 Å². The summed E-state index contributed by atoms with van der Waals surface area (Å²) in [5.41, 5.74) is 0.132. The van der Waals surface area contributed by atoms with Gasteiger partial charge in [-0.2, -0.15) is 0 Å². The zero-order chi connectivity index (χ0) is 34.2. The van der Waals surface area contributed by atoms with Gasteiger partial charge in [-0.05, 0) is 49.2 Å². The van der Waals surface area contributed by atoms with Crippen LogP contribution in [-0.4, -0.2) is 78.0 Å². The van der Waals surface area contributed by atoms with Crippen molar-refractivity contribution in [1.82, 2.24) is 0 Å². The third kappa shape index (κ3) is 7.65. The third-order valence-corrected chi connectivity index (χ3v) is 11.7.